The maximum absolute atomic E-state index is 12.4. The van der Waals surface area contributed by atoms with Crippen LogP contribution in [-0.2, 0) is 21.4 Å². The topological polar surface area (TPSA) is 106 Å². The minimum absolute atomic E-state index is 0.0581. The minimum Gasteiger partial charge on any atom is -0.478 e. The summed E-state index contributed by atoms with van der Waals surface area (Å²) in [6.07, 6.45) is 0.463. The molecule has 7 nitrogen and oxygen atoms in total. The summed E-state index contributed by atoms with van der Waals surface area (Å²) in [7, 11) is -3.97. The second-order valence-electron chi connectivity index (χ2n) is 5.51. The molecule has 136 valence electrons. The molecular formula is C17H21NO6S. The van der Waals surface area contributed by atoms with Gasteiger partial charge in [-0.15, -0.1) is 0 Å². The highest BCUT2D eigenvalue weighted by molar-refractivity contribution is 7.89. The lowest BCUT2D eigenvalue weighted by Crippen LogP contribution is -2.27. The molecule has 0 aliphatic heterocycles. The summed E-state index contributed by atoms with van der Waals surface area (Å²) in [5.74, 6) is -1.21. The molecule has 1 aromatic carbocycles. The van der Waals surface area contributed by atoms with Crippen LogP contribution >= 0.6 is 0 Å². The normalized spacial score (nSPS) is 11.6. The lowest BCUT2D eigenvalue weighted by molar-refractivity contribution is 0.0691. The standard InChI is InChI=1S/C17H21NO6S/c1-12-15(17(19)20)16(13(2)24-12)25(21,22)18-9-6-10-23-11-14-7-4-3-5-8-14/h3-5,7-8,18H,6,9-11H2,1-2H3,(H,19,20). The van der Waals surface area contributed by atoms with E-state index in [0.717, 1.165) is 5.56 Å². The monoisotopic (exact) mass is 367 g/mol. The zero-order valence-corrected chi connectivity index (χ0v) is 14.9. The lowest BCUT2D eigenvalue weighted by Gasteiger charge is -2.08. The lowest BCUT2D eigenvalue weighted by atomic mass is 10.2. The van der Waals surface area contributed by atoms with E-state index >= 15 is 0 Å². The van der Waals surface area contributed by atoms with Crippen molar-refractivity contribution < 1.29 is 27.5 Å². The highest BCUT2D eigenvalue weighted by atomic mass is 32.2. The summed E-state index contributed by atoms with van der Waals surface area (Å²) >= 11 is 0. The molecule has 1 heterocycles. The fourth-order valence-corrected chi connectivity index (χ4v) is 3.93. The van der Waals surface area contributed by atoms with Gasteiger partial charge in [0.25, 0.3) is 0 Å². The number of ether oxygens (including phenoxy) is 1. The number of benzene rings is 1. The van der Waals surface area contributed by atoms with Crippen LogP contribution in [0.5, 0.6) is 0 Å². The fourth-order valence-electron chi connectivity index (χ4n) is 2.45. The maximum atomic E-state index is 12.4. The number of hydrogen-bond donors (Lipinski definition) is 2. The summed E-state index contributed by atoms with van der Waals surface area (Å²) < 4.78 is 37.8. The first kappa shape index (κ1) is 19.2. The van der Waals surface area contributed by atoms with E-state index in [1.807, 2.05) is 30.3 Å². The number of nitrogens with one attached hydrogen (secondary N) is 1. The Morgan fingerprint density at radius 1 is 1.20 bits per heavy atom. The van der Waals surface area contributed by atoms with E-state index in [1.165, 1.54) is 13.8 Å². The van der Waals surface area contributed by atoms with Crippen LogP contribution in [0.4, 0.5) is 0 Å². The molecule has 25 heavy (non-hydrogen) atoms. The Balaban J connectivity index is 1.87. The highest BCUT2D eigenvalue weighted by Gasteiger charge is 2.30. The van der Waals surface area contributed by atoms with Crippen LogP contribution < -0.4 is 4.72 Å². The number of aromatic carboxylic acids is 1. The summed E-state index contributed by atoms with van der Waals surface area (Å²) in [5, 5.41) is 9.20. The quantitative estimate of drug-likeness (QED) is 0.660. The molecule has 0 saturated carbocycles. The third kappa shape index (κ3) is 4.91. The highest BCUT2D eigenvalue weighted by Crippen LogP contribution is 2.26. The van der Waals surface area contributed by atoms with Crippen LogP contribution in [0.3, 0.4) is 0 Å². The van der Waals surface area contributed by atoms with Crippen molar-refractivity contribution in [3.05, 3.63) is 53.0 Å². The summed E-state index contributed by atoms with van der Waals surface area (Å²) in [4.78, 5) is 11.0. The van der Waals surface area contributed by atoms with Crippen molar-refractivity contribution in [2.45, 2.75) is 31.8 Å². The van der Waals surface area contributed by atoms with Crippen LogP contribution in [0.15, 0.2) is 39.6 Å². The van der Waals surface area contributed by atoms with Crippen molar-refractivity contribution in [1.29, 1.82) is 0 Å². The van der Waals surface area contributed by atoms with Gasteiger partial charge in [0.15, 0.2) is 0 Å². The van der Waals surface area contributed by atoms with Gasteiger partial charge < -0.3 is 14.3 Å². The Morgan fingerprint density at radius 3 is 2.52 bits per heavy atom. The van der Waals surface area contributed by atoms with Gasteiger partial charge in [-0.3, -0.25) is 0 Å². The average molecular weight is 367 g/mol. The van der Waals surface area contributed by atoms with Crippen LogP contribution in [0.25, 0.3) is 0 Å². The molecule has 0 atom stereocenters. The molecule has 8 heteroatoms. The van der Waals surface area contributed by atoms with Crippen LogP contribution in [-0.4, -0.2) is 32.6 Å². The van der Waals surface area contributed by atoms with Gasteiger partial charge in [0.2, 0.25) is 10.0 Å². The van der Waals surface area contributed by atoms with E-state index in [-0.39, 0.29) is 28.5 Å². The Labute approximate surface area is 146 Å². The predicted octanol–water partition coefficient (Wildman–Crippen LogP) is 2.48. The first-order chi connectivity index (χ1) is 11.8. The zero-order valence-electron chi connectivity index (χ0n) is 14.1. The molecule has 2 N–H and O–H groups in total. The smallest absolute Gasteiger partial charge is 0.340 e. The van der Waals surface area contributed by atoms with Gasteiger partial charge in [0, 0.05) is 13.2 Å². The van der Waals surface area contributed by atoms with Crippen LogP contribution in [0, 0.1) is 13.8 Å². The van der Waals surface area contributed by atoms with Crippen LogP contribution in [0.1, 0.15) is 33.9 Å². The maximum Gasteiger partial charge on any atom is 0.340 e. The average Bonchev–Trinajstić information content (AvgIpc) is 2.87. The second-order valence-corrected chi connectivity index (χ2v) is 7.22. The van der Waals surface area contributed by atoms with E-state index in [9.17, 15) is 18.3 Å². The fraction of sp³-hybridized carbons (Fsp3) is 0.353. The molecule has 0 aliphatic carbocycles. The molecule has 0 spiro atoms. The van der Waals surface area contributed by atoms with Gasteiger partial charge in [0.05, 0.1) is 6.61 Å². The number of carboxylic acid groups (broad SMARTS) is 1. The molecule has 0 fully saturated rings. The molecule has 0 unspecified atom stereocenters. The summed E-state index contributed by atoms with van der Waals surface area (Å²) in [6.45, 7) is 3.83. The van der Waals surface area contributed by atoms with Gasteiger partial charge in [0.1, 0.15) is 22.0 Å². The number of carbonyl (C=O) groups is 1. The van der Waals surface area contributed by atoms with Gasteiger partial charge >= 0.3 is 5.97 Å². The first-order valence-electron chi connectivity index (χ1n) is 7.77. The Hall–Kier alpha value is -2.16. The van der Waals surface area contributed by atoms with Crippen molar-refractivity contribution >= 4 is 16.0 Å². The molecule has 0 amide bonds. The van der Waals surface area contributed by atoms with Crippen LogP contribution in [0.2, 0.25) is 0 Å². The van der Waals surface area contributed by atoms with Gasteiger partial charge in [-0.1, -0.05) is 30.3 Å². The van der Waals surface area contributed by atoms with Crippen molar-refractivity contribution in [2.75, 3.05) is 13.2 Å². The number of carboxylic acids is 1. The van der Waals surface area contributed by atoms with Crippen molar-refractivity contribution in [3.63, 3.8) is 0 Å². The van der Waals surface area contributed by atoms with Crippen molar-refractivity contribution in [2.24, 2.45) is 0 Å². The molecule has 0 bridgehead atoms. The van der Waals surface area contributed by atoms with Gasteiger partial charge in [-0.2, -0.15) is 0 Å². The summed E-state index contributed by atoms with van der Waals surface area (Å²) in [5.41, 5.74) is 0.712. The zero-order chi connectivity index (χ0) is 18.4. The number of aryl methyl sites for hydroxylation is 2. The van der Waals surface area contributed by atoms with E-state index in [0.29, 0.717) is 19.6 Å². The number of hydrogen-bond acceptors (Lipinski definition) is 5. The third-order valence-electron chi connectivity index (χ3n) is 3.56. The SMILES string of the molecule is Cc1oc(C)c(S(=O)(=O)NCCCOCc2ccccc2)c1C(=O)O. The second kappa shape index (κ2) is 8.28. The largest absolute Gasteiger partial charge is 0.478 e. The molecule has 1 aromatic heterocycles. The Kier molecular flexibility index (Phi) is 6.35. The van der Waals surface area contributed by atoms with E-state index in [4.69, 9.17) is 9.15 Å². The Morgan fingerprint density at radius 2 is 1.88 bits per heavy atom. The number of rotatable bonds is 9. The molecule has 0 radical (unpaired) electrons. The minimum atomic E-state index is -3.97. The molecule has 0 aliphatic rings. The number of furan rings is 1. The van der Waals surface area contributed by atoms with Gasteiger partial charge in [-0.05, 0) is 25.8 Å². The number of sulfonamides is 1. The summed E-state index contributed by atoms with van der Waals surface area (Å²) in [6, 6.07) is 9.65. The first-order valence-corrected chi connectivity index (χ1v) is 9.26. The molecule has 2 rings (SSSR count). The Bertz CT molecular complexity index is 826. The van der Waals surface area contributed by atoms with E-state index < -0.39 is 16.0 Å². The third-order valence-corrected chi connectivity index (χ3v) is 5.17. The van der Waals surface area contributed by atoms with Crippen molar-refractivity contribution in [1.82, 2.24) is 4.72 Å². The molecule has 0 saturated heterocycles. The molecule has 2 aromatic rings. The molecular weight excluding hydrogens is 346 g/mol. The van der Waals surface area contributed by atoms with E-state index in [1.54, 1.807) is 0 Å². The van der Waals surface area contributed by atoms with Gasteiger partial charge in [-0.25, -0.2) is 17.9 Å². The van der Waals surface area contributed by atoms with Crippen molar-refractivity contribution in [3.8, 4) is 0 Å². The predicted molar refractivity (Wildman–Crippen MR) is 91.0 cm³/mol. The van der Waals surface area contributed by atoms with E-state index in [2.05, 4.69) is 4.72 Å².